The summed E-state index contributed by atoms with van der Waals surface area (Å²) in [7, 11) is 0. The lowest BCUT2D eigenvalue weighted by molar-refractivity contribution is -0.116. The van der Waals surface area contributed by atoms with Crippen LogP contribution in [0.5, 0.6) is 0 Å². The van der Waals surface area contributed by atoms with Crippen LogP contribution in [0.1, 0.15) is 96.5 Å². The number of nitrogens with one attached hydrogen (secondary N) is 1. The van der Waals surface area contributed by atoms with Crippen molar-refractivity contribution in [2.45, 2.75) is 98.8 Å². The van der Waals surface area contributed by atoms with Crippen LogP contribution in [0.25, 0.3) is 11.3 Å². The smallest absolute Gasteiger partial charge is 0.225 e. The number of fused-ring (bicyclic) bond motifs is 3. The minimum absolute atomic E-state index is 0.0500. The average molecular weight is 450 g/mol. The third-order valence-corrected chi connectivity index (χ3v) is 7.00. The molecule has 4 nitrogen and oxygen atoms in total. The minimum atomic E-state index is 0.0500. The molecule has 2 aliphatic carbocycles. The summed E-state index contributed by atoms with van der Waals surface area (Å²) >= 11 is 0. The number of benzene rings is 1. The molecule has 4 rings (SSSR count). The summed E-state index contributed by atoms with van der Waals surface area (Å²) in [5, 5.41) is 3.13. The topological polar surface area (TPSA) is 54.9 Å². The van der Waals surface area contributed by atoms with Gasteiger partial charge in [-0.15, -0.1) is 0 Å². The van der Waals surface area contributed by atoms with Gasteiger partial charge in [-0.1, -0.05) is 91.0 Å². The van der Waals surface area contributed by atoms with Crippen molar-refractivity contribution in [3.63, 3.8) is 0 Å². The summed E-state index contributed by atoms with van der Waals surface area (Å²) in [6, 6.07) is 8.57. The highest BCUT2D eigenvalue weighted by atomic mass is 16.1. The molecule has 33 heavy (non-hydrogen) atoms. The van der Waals surface area contributed by atoms with Crippen molar-refractivity contribution < 1.29 is 4.79 Å². The lowest BCUT2D eigenvalue weighted by atomic mass is 9.87. The third kappa shape index (κ3) is 6.65. The first-order chi connectivity index (χ1) is 16.0. The van der Waals surface area contributed by atoms with E-state index in [2.05, 4.69) is 50.4 Å². The molecular weight excluding hydrogens is 406 g/mol. The second-order valence-electron chi connectivity index (χ2n) is 9.98. The van der Waals surface area contributed by atoms with Crippen LogP contribution in [0.15, 0.2) is 24.3 Å². The molecule has 0 bridgehead atoms. The predicted molar refractivity (Wildman–Crippen MR) is 138 cm³/mol. The second kappa shape index (κ2) is 12.3. The van der Waals surface area contributed by atoms with Gasteiger partial charge < -0.3 is 5.32 Å². The number of nitrogens with zero attached hydrogens (tertiary/aromatic N) is 2. The monoisotopic (exact) mass is 449 g/mol. The van der Waals surface area contributed by atoms with Gasteiger partial charge in [0.2, 0.25) is 5.91 Å². The average Bonchev–Trinajstić information content (AvgIpc) is 3.05. The number of anilines is 1. The third-order valence-electron chi connectivity index (χ3n) is 7.00. The summed E-state index contributed by atoms with van der Waals surface area (Å²) in [5.41, 5.74) is 5.60. The van der Waals surface area contributed by atoms with Crippen molar-refractivity contribution in [2.24, 2.45) is 17.8 Å². The zero-order chi connectivity index (χ0) is 23.8. The van der Waals surface area contributed by atoms with Gasteiger partial charge in [-0.25, -0.2) is 9.97 Å². The summed E-state index contributed by atoms with van der Waals surface area (Å²) in [6.07, 6.45) is 11.1. The van der Waals surface area contributed by atoms with E-state index in [4.69, 9.17) is 9.97 Å². The number of aryl methyl sites for hydroxylation is 2. The Bertz CT molecular complexity index is 921. The molecule has 1 N–H and O–H groups in total. The van der Waals surface area contributed by atoms with Gasteiger partial charge in [0.15, 0.2) is 5.82 Å². The standard InChI is InChI=1S/C27H37N3O.C2H6/c1-4-19-9-5-6-10-20(16-19)17-24-27(30-25(31)15-18(2)3)29-23-14-13-21-11-7-8-12-22(21)26(23)28-24;1-2/h7-8,11-12,18-20H,4-6,9-10,13-17H2,1-3H3,(H,29,30,31);1-2H3. The Morgan fingerprint density at radius 3 is 2.52 bits per heavy atom. The highest BCUT2D eigenvalue weighted by molar-refractivity contribution is 5.90. The van der Waals surface area contributed by atoms with Gasteiger partial charge >= 0.3 is 0 Å². The van der Waals surface area contributed by atoms with Gasteiger partial charge in [0.25, 0.3) is 0 Å². The molecule has 2 aliphatic rings. The van der Waals surface area contributed by atoms with E-state index in [-0.39, 0.29) is 5.91 Å². The molecule has 180 valence electrons. The lowest BCUT2D eigenvalue weighted by Gasteiger charge is -2.23. The number of carbonyl (C=O) groups is 1. The van der Waals surface area contributed by atoms with E-state index in [1.807, 2.05) is 13.8 Å². The molecule has 2 atom stereocenters. The fourth-order valence-electron chi connectivity index (χ4n) is 5.32. The SMILES string of the molecule is CC.CCC1CCCCC(Cc2nc3c(nc2NC(=O)CC(C)C)CCc2ccccc2-3)C1. The van der Waals surface area contributed by atoms with Gasteiger partial charge in [0, 0.05) is 12.0 Å². The van der Waals surface area contributed by atoms with Gasteiger partial charge in [-0.05, 0) is 49.0 Å². The Morgan fingerprint density at radius 2 is 1.79 bits per heavy atom. The molecule has 1 fully saturated rings. The first kappa shape index (κ1) is 25.4. The number of hydrogen-bond acceptors (Lipinski definition) is 3. The predicted octanol–water partition coefficient (Wildman–Crippen LogP) is 7.40. The van der Waals surface area contributed by atoms with E-state index in [1.165, 1.54) is 49.7 Å². The summed E-state index contributed by atoms with van der Waals surface area (Å²) in [6.45, 7) is 10.5. The summed E-state index contributed by atoms with van der Waals surface area (Å²) < 4.78 is 0. The molecule has 1 heterocycles. The molecule has 0 aliphatic heterocycles. The van der Waals surface area contributed by atoms with Gasteiger partial charge in [-0.2, -0.15) is 0 Å². The van der Waals surface area contributed by atoms with Crippen LogP contribution in [-0.2, 0) is 24.1 Å². The minimum Gasteiger partial charge on any atom is -0.309 e. The maximum absolute atomic E-state index is 12.6. The second-order valence-corrected chi connectivity index (χ2v) is 9.98. The Hall–Kier alpha value is -2.23. The molecule has 0 radical (unpaired) electrons. The number of hydrogen-bond donors (Lipinski definition) is 1. The molecule has 0 saturated heterocycles. The first-order valence-corrected chi connectivity index (χ1v) is 13.3. The van der Waals surface area contributed by atoms with Gasteiger partial charge in [-0.3, -0.25) is 4.79 Å². The van der Waals surface area contributed by atoms with Crippen LogP contribution in [0.2, 0.25) is 0 Å². The molecule has 1 aromatic heterocycles. The van der Waals surface area contributed by atoms with Crippen LogP contribution < -0.4 is 5.32 Å². The fourth-order valence-corrected chi connectivity index (χ4v) is 5.32. The quantitative estimate of drug-likeness (QED) is 0.467. The molecule has 4 heteroatoms. The molecular formula is C29H43N3O. The van der Waals surface area contributed by atoms with Crippen LogP contribution in [0, 0.1) is 17.8 Å². The van der Waals surface area contributed by atoms with Crippen molar-refractivity contribution in [3.8, 4) is 11.3 Å². The first-order valence-electron chi connectivity index (χ1n) is 13.3. The van der Waals surface area contributed by atoms with Crippen LogP contribution in [0.3, 0.4) is 0 Å². The number of rotatable bonds is 6. The van der Waals surface area contributed by atoms with E-state index in [0.717, 1.165) is 42.3 Å². The van der Waals surface area contributed by atoms with Crippen LogP contribution in [-0.4, -0.2) is 15.9 Å². The van der Waals surface area contributed by atoms with Crippen molar-refractivity contribution in [1.29, 1.82) is 0 Å². The van der Waals surface area contributed by atoms with Crippen molar-refractivity contribution in [1.82, 2.24) is 9.97 Å². The zero-order valence-corrected chi connectivity index (χ0v) is 21.4. The lowest BCUT2D eigenvalue weighted by Crippen LogP contribution is -2.21. The molecule has 1 saturated carbocycles. The van der Waals surface area contributed by atoms with E-state index < -0.39 is 0 Å². The van der Waals surface area contributed by atoms with Gasteiger partial charge in [0.05, 0.1) is 17.1 Å². The summed E-state index contributed by atoms with van der Waals surface area (Å²) in [4.78, 5) is 22.8. The van der Waals surface area contributed by atoms with E-state index in [9.17, 15) is 4.79 Å². The van der Waals surface area contributed by atoms with Gasteiger partial charge in [0.1, 0.15) is 0 Å². The largest absolute Gasteiger partial charge is 0.309 e. The number of aromatic nitrogens is 2. The highest BCUT2D eigenvalue weighted by Gasteiger charge is 2.25. The van der Waals surface area contributed by atoms with Crippen LogP contribution >= 0.6 is 0 Å². The van der Waals surface area contributed by atoms with Crippen molar-refractivity contribution >= 4 is 11.7 Å². The maximum atomic E-state index is 12.6. The van der Waals surface area contributed by atoms with E-state index >= 15 is 0 Å². The Balaban J connectivity index is 0.00000149. The highest BCUT2D eigenvalue weighted by Crippen LogP contribution is 2.36. The van der Waals surface area contributed by atoms with E-state index in [0.29, 0.717) is 24.1 Å². The Kier molecular flexibility index (Phi) is 9.46. The number of carbonyl (C=O) groups excluding carboxylic acids is 1. The summed E-state index contributed by atoms with van der Waals surface area (Å²) in [5.74, 6) is 2.53. The molecule has 1 amide bonds. The molecule has 2 unspecified atom stereocenters. The Labute approximate surface area is 201 Å². The van der Waals surface area contributed by atoms with Crippen molar-refractivity contribution in [3.05, 3.63) is 41.2 Å². The zero-order valence-electron chi connectivity index (χ0n) is 21.4. The molecule has 2 aromatic rings. The molecule has 0 spiro atoms. The number of amides is 1. The normalized spacial score (nSPS) is 19.6. The molecule has 1 aromatic carbocycles. The van der Waals surface area contributed by atoms with Crippen LogP contribution in [0.4, 0.5) is 5.82 Å². The Morgan fingerprint density at radius 1 is 1.06 bits per heavy atom. The maximum Gasteiger partial charge on any atom is 0.225 e. The fraction of sp³-hybridized carbons (Fsp3) is 0.621. The van der Waals surface area contributed by atoms with E-state index in [1.54, 1.807) is 0 Å². The van der Waals surface area contributed by atoms with Crippen molar-refractivity contribution in [2.75, 3.05) is 5.32 Å².